The number of nitrogens with zero attached hydrogens (tertiary/aromatic N) is 5. The van der Waals surface area contributed by atoms with Crippen LogP contribution in [-0.2, 0) is 0 Å². The van der Waals surface area contributed by atoms with Crippen molar-refractivity contribution in [2.75, 3.05) is 57.3 Å². The summed E-state index contributed by atoms with van der Waals surface area (Å²) in [5, 5.41) is 0. The summed E-state index contributed by atoms with van der Waals surface area (Å²) in [5.74, 6) is 0.983. The lowest BCUT2D eigenvalue weighted by Gasteiger charge is -2.36. The second-order valence-electron chi connectivity index (χ2n) is 9.14. The molecular weight excluding hydrogens is 426 g/mol. The number of ether oxygens (including phenoxy) is 1. The van der Waals surface area contributed by atoms with Crippen LogP contribution in [0, 0.1) is 0 Å². The molecular formula is C27H33N5O2. The first-order chi connectivity index (χ1) is 16.8. The molecule has 34 heavy (non-hydrogen) atoms. The summed E-state index contributed by atoms with van der Waals surface area (Å²) in [7, 11) is 0. The third-order valence-electron chi connectivity index (χ3n) is 6.82. The van der Waals surface area contributed by atoms with Crippen LogP contribution in [-0.4, -0.2) is 78.1 Å². The van der Waals surface area contributed by atoms with E-state index in [9.17, 15) is 4.79 Å². The van der Waals surface area contributed by atoms with E-state index in [1.807, 2.05) is 23.1 Å². The summed E-state index contributed by atoms with van der Waals surface area (Å²) in [6, 6.07) is 13.9. The van der Waals surface area contributed by atoms with Gasteiger partial charge in [-0.3, -0.25) is 14.8 Å². The van der Waals surface area contributed by atoms with Crippen molar-refractivity contribution in [3.8, 4) is 5.75 Å². The van der Waals surface area contributed by atoms with E-state index in [-0.39, 0.29) is 5.91 Å². The Morgan fingerprint density at radius 1 is 0.824 bits per heavy atom. The zero-order valence-corrected chi connectivity index (χ0v) is 19.7. The first-order valence-electron chi connectivity index (χ1n) is 12.5. The summed E-state index contributed by atoms with van der Waals surface area (Å²) in [4.78, 5) is 28.4. The Morgan fingerprint density at radius 3 is 2.32 bits per heavy atom. The molecule has 0 N–H and O–H groups in total. The van der Waals surface area contributed by atoms with Crippen LogP contribution >= 0.6 is 0 Å². The van der Waals surface area contributed by atoms with Crippen LogP contribution in [0.3, 0.4) is 0 Å². The van der Waals surface area contributed by atoms with Crippen LogP contribution < -0.4 is 9.64 Å². The molecule has 0 unspecified atom stereocenters. The molecule has 3 heterocycles. The molecule has 2 aliphatic heterocycles. The summed E-state index contributed by atoms with van der Waals surface area (Å²) in [6.07, 6.45) is 8.44. The Hall–Kier alpha value is -3.19. The van der Waals surface area contributed by atoms with Gasteiger partial charge in [0.2, 0.25) is 0 Å². The van der Waals surface area contributed by atoms with Crippen molar-refractivity contribution >= 4 is 22.6 Å². The molecule has 0 radical (unpaired) electrons. The molecule has 1 amide bonds. The van der Waals surface area contributed by atoms with Gasteiger partial charge in [0.1, 0.15) is 5.75 Å². The first-order valence-corrected chi connectivity index (χ1v) is 12.5. The molecule has 0 atom stereocenters. The number of carbonyl (C=O) groups is 1. The zero-order chi connectivity index (χ0) is 23.2. The molecule has 2 aliphatic rings. The molecule has 0 bridgehead atoms. The Labute approximate surface area is 201 Å². The minimum absolute atomic E-state index is 0.0560. The maximum atomic E-state index is 13.0. The molecule has 0 spiro atoms. The molecule has 0 aliphatic carbocycles. The van der Waals surface area contributed by atoms with E-state index < -0.39 is 0 Å². The highest BCUT2D eigenvalue weighted by atomic mass is 16.5. The second-order valence-corrected chi connectivity index (χ2v) is 9.14. The quantitative estimate of drug-likeness (QED) is 0.500. The second kappa shape index (κ2) is 10.8. The van der Waals surface area contributed by atoms with E-state index in [0.29, 0.717) is 18.7 Å². The van der Waals surface area contributed by atoms with Gasteiger partial charge in [-0.2, -0.15) is 0 Å². The number of likely N-dealkylation sites (tertiary alicyclic amines) is 1. The van der Waals surface area contributed by atoms with Gasteiger partial charge in [-0.1, -0.05) is 6.42 Å². The maximum absolute atomic E-state index is 13.0. The van der Waals surface area contributed by atoms with Gasteiger partial charge in [-0.25, -0.2) is 0 Å². The molecule has 2 fully saturated rings. The number of carbonyl (C=O) groups excluding carboxylic acids is 1. The predicted octanol–water partition coefficient (Wildman–Crippen LogP) is 3.85. The maximum Gasteiger partial charge on any atom is 0.254 e. The van der Waals surface area contributed by atoms with E-state index in [2.05, 4.69) is 44.0 Å². The summed E-state index contributed by atoms with van der Waals surface area (Å²) in [5.41, 5.74) is 3.40. The lowest BCUT2D eigenvalue weighted by molar-refractivity contribution is 0.0747. The van der Waals surface area contributed by atoms with Crippen molar-refractivity contribution in [2.24, 2.45) is 0 Å². The fourth-order valence-corrected chi connectivity index (χ4v) is 4.86. The van der Waals surface area contributed by atoms with Gasteiger partial charge in [-0.15, -0.1) is 0 Å². The number of rotatable bonds is 7. The highest BCUT2D eigenvalue weighted by molar-refractivity contribution is 5.97. The van der Waals surface area contributed by atoms with Gasteiger partial charge in [-0.05, 0) is 74.8 Å². The van der Waals surface area contributed by atoms with Crippen LogP contribution in [0.5, 0.6) is 5.75 Å². The molecule has 3 aromatic rings. The Morgan fingerprint density at radius 2 is 1.56 bits per heavy atom. The fraction of sp³-hybridized carbons (Fsp3) is 0.444. The van der Waals surface area contributed by atoms with Crippen molar-refractivity contribution in [1.82, 2.24) is 19.8 Å². The molecule has 0 saturated carbocycles. The number of benzene rings is 2. The molecule has 2 saturated heterocycles. The first kappa shape index (κ1) is 22.6. The normalized spacial score (nSPS) is 17.2. The number of hydrogen-bond donors (Lipinski definition) is 0. The minimum Gasteiger partial charge on any atom is -0.494 e. The largest absolute Gasteiger partial charge is 0.494 e. The van der Waals surface area contributed by atoms with Crippen LogP contribution in [0.25, 0.3) is 11.0 Å². The minimum atomic E-state index is 0.0560. The van der Waals surface area contributed by atoms with Crippen LogP contribution in [0.2, 0.25) is 0 Å². The molecule has 2 aromatic carbocycles. The van der Waals surface area contributed by atoms with Crippen molar-refractivity contribution < 1.29 is 9.53 Å². The lowest BCUT2D eigenvalue weighted by atomic mass is 10.1. The van der Waals surface area contributed by atoms with Gasteiger partial charge >= 0.3 is 0 Å². The number of hydrogen-bond acceptors (Lipinski definition) is 6. The SMILES string of the molecule is O=C(c1ccc2nccnc2c1)N1CCN(c2ccc(OCCCN3CCCCC3)cc2)CC1. The summed E-state index contributed by atoms with van der Waals surface area (Å²) < 4.78 is 5.96. The number of amides is 1. The average molecular weight is 460 g/mol. The Balaban J connectivity index is 1.08. The van der Waals surface area contributed by atoms with E-state index in [0.717, 1.165) is 49.4 Å². The van der Waals surface area contributed by atoms with Crippen molar-refractivity contribution in [3.05, 3.63) is 60.4 Å². The number of fused-ring (bicyclic) bond motifs is 1. The average Bonchev–Trinajstić information content (AvgIpc) is 2.91. The van der Waals surface area contributed by atoms with Crippen LogP contribution in [0.1, 0.15) is 36.0 Å². The van der Waals surface area contributed by atoms with Gasteiger partial charge in [0.15, 0.2) is 0 Å². The Kier molecular flexibility index (Phi) is 7.19. The fourth-order valence-electron chi connectivity index (χ4n) is 4.86. The predicted molar refractivity (Wildman–Crippen MR) is 134 cm³/mol. The Bertz CT molecular complexity index is 1090. The number of piperidine rings is 1. The number of piperazine rings is 1. The summed E-state index contributed by atoms with van der Waals surface area (Å²) >= 11 is 0. The highest BCUT2D eigenvalue weighted by Gasteiger charge is 2.22. The van der Waals surface area contributed by atoms with Crippen molar-refractivity contribution in [2.45, 2.75) is 25.7 Å². The van der Waals surface area contributed by atoms with Crippen LogP contribution in [0.4, 0.5) is 5.69 Å². The molecule has 178 valence electrons. The smallest absolute Gasteiger partial charge is 0.254 e. The highest BCUT2D eigenvalue weighted by Crippen LogP contribution is 2.22. The molecule has 5 rings (SSSR count). The third-order valence-corrected chi connectivity index (χ3v) is 6.82. The van der Waals surface area contributed by atoms with E-state index in [4.69, 9.17) is 4.74 Å². The monoisotopic (exact) mass is 459 g/mol. The standard InChI is InChI=1S/C27H33N5O2/c33-27(22-5-10-25-26(21-22)29-12-11-28-25)32-18-16-31(17-19-32)23-6-8-24(9-7-23)34-20-4-15-30-13-2-1-3-14-30/h5-12,21H,1-4,13-20H2. The van der Waals surface area contributed by atoms with E-state index >= 15 is 0 Å². The molecule has 7 nitrogen and oxygen atoms in total. The van der Waals surface area contributed by atoms with Gasteiger partial charge in [0.25, 0.3) is 5.91 Å². The third kappa shape index (κ3) is 5.47. The molecule has 1 aromatic heterocycles. The lowest BCUT2D eigenvalue weighted by Crippen LogP contribution is -2.48. The van der Waals surface area contributed by atoms with Crippen molar-refractivity contribution in [3.63, 3.8) is 0 Å². The van der Waals surface area contributed by atoms with Crippen molar-refractivity contribution in [1.29, 1.82) is 0 Å². The van der Waals surface area contributed by atoms with Gasteiger partial charge in [0.05, 0.1) is 17.6 Å². The van der Waals surface area contributed by atoms with Gasteiger partial charge < -0.3 is 19.4 Å². The van der Waals surface area contributed by atoms with E-state index in [1.165, 1.54) is 38.0 Å². The van der Waals surface area contributed by atoms with Gasteiger partial charge in [0, 0.05) is 56.4 Å². The topological polar surface area (TPSA) is 61.8 Å². The molecule has 7 heteroatoms. The van der Waals surface area contributed by atoms with Crippen LogP contribution in [0.15, 0.2) is 54.9 Å². The number of aromatic nitrogens is 2. The summed E-state index contributed by atoms with van der Waals surface area (Å²) in [6.45, 7) is 7.40. The van der Waals surface area contributed by atoms with E-state index in [1.54, 1.807) is 12.4 Å². The zero-order valence-electron chi connectivity index (χ0n) is 19.7. The number of anilines is 1.